The van der Waals surface area contributed by atoms with Crippen LogP contribution in [0.25, 0.3) is 0 Å². The SMILES string of the molecule is COCCN(C(CN)c1cn(C)nc1C)C(C)C1CC1. The Morgan fingerprint density at radius 1 is 1.55 bits per heavy atom. The van der Waals surface area contributed by atoms with Gasteiger partial charge in [0.15, 0.2) is 0 Å². The molecule has 1 heterocycles. The molecule has 2 unspecified atom stereocenters. The first-order valence-corrected chi connectivity index (χ1v) is 7.53. The molecule has 0 spiro atoms. The van der Waals surface area contributed by atoms with Gasteiger partial charge in [-0.1, -0.05) is 0 Å². The predicted molar refractivity (Wildman–Crippen MR) is 80.5 cm³/mol. The summed E-state index contributed by atoms with van der Waals surface area (Å²) in [6.07, 6.45) is 4.79. The van der Waals surface area contributed by atoms with Crippen molar-refractivity contribution in [3.63, 3.8) is 0 Å². The molecule has 114 valence electrons. The standard InChI is InChI=1S/C15H28N4O/c1-11-14(10-18(3)17-11)15(9-16)19(7-8-20-4)12(2)13-5-6-13/h10,12-13,15H,5-9,16H2,1-4H3. The highest BCUT2D eigenvalue weighted by Crippen LogP contribution is 2.38. The first-order valence-electron chi connectivity index (χ1n) is 7.53. The summed E-state index contributed by atoms with van der Waals surface area (Å²) in [4.78, 5) is 2.51. The van der Waals surface area contributed by atoms with Crippen LogP contribution in [0.15, 0.2) is 6.20 Å². The van der Waals surface area contributed by atoms with Gasteiger partial charge < -0.3 is 10.5 Å². The van der Waals surface area contributed by atoms with Crippen molar-refractivity contribution in [2.24, 2.45) is 18.7 Å². The number of nitrogens with two attached hydrogens (primary N) is 1. The molecule has 1 aliphatic carbocycles. The van der Waals surface area contributed by atoms with Crippen molar-refractivity contribution in [3.05, 3.63) is 17.5 Å². The third kappa shape index (κ3) is 3.40. The molecular weight excluding hydrogens is 252 g/mol. The van der Waals surface area contributed by atoms with Crippen LogP contribution in [-0.4, -0.2) is 47.5 Å². The van der Waals surface area contributed by atoms with Crippen LogP contribution >= 0.6 is 0 Å². The van der Waals surface area contributed by atoms with E-state index in [0.717, 1.165) is 24.8 Å². The summed E-state index contributed by atoms with van der Waals surface area (Å²) < 4.78 is 7.16. The number of nitrogens with zero attached hydrogens (tertiary/aromatic N) is 3. The number of hydrogen-bond acceptors (Lipinski definition) is 4. The molecule has 1 aliphatic rings. The van der Waals surface area contributed by atoms with E-state index in [4.69, 9.17) is 10.5 Å². The number of methoxy groups -OCH3 is 1. The lowest BCUT2D eigenvalue weighted by Gasteiger charge is -2.36. The Labute approximate surface area is 122 Å². The number of ether oxygens (including phenoxy) is 1. The van der Waals surface area contributed by atoms with Crippen molar-refractivity contribution < 1.29 is 4.74 Å². The van der Waals surface area contributed by atoms with Crippen LogP contribution in [0.3, 0.4) is 0 Å². The Morgan fingerprint density at radius 2 is 2.25 bits per heavy atom. The summed E-state index contributed by atoms with van der Waals surface area (Å²) in [5, 5.41) is 4.47. The molecular formula is C15H28N4O. The van der Waals surface area contributed by atoms with Crippen LogP contribution in [0.5, 0.6) is 0 Å². The molecule has 0 bridgehead atoms. The molecule has 0 aliphatic heterocycles. The van der Waals surface area contributed by atoms with E-state index < -0.39 is 0 Å². The second-order valence-corrected chi connectivity index (χ2v) is 5.90. The molecule has 1 aromatic heterocycles. The quantitative estimate of drug-likeness (QED) is 0.783. The van der Waals surface area contributed by atoms with Crippen molar-refractivity contribution in [2.45, 2.75) is 38.8 Å². The van der Waals surface area contributed by atoms with Gasteiger partial charge in [0.1, 0.15) is 0 Å². The Balaban J connectivity index is 2.20. The largest absolute Gasteiger partial charge is 0.383 e. The molecule has 0 amide bonds. The van der Waals surface area contributed by atoms with Gasteiger partial charge >= 0.3 is 0 Å². The minimum atomic E-state index is 0.231. The molecule has 20 heavy (non-hydrogen) atoms. The highest BCUT2D eigenvalue weighted by atomic mass is 16.5. The lowest BCUT2D eigenvalue weighted by Crippen LogP contribution is -2.43. The summed E-state index contributed by atoms with van der Waals surface area (Å²) in [5.74, 6) is 0.817. The monoisotopic (exact) mass is 280 g/mol. The molecule has 0 radical (unpaired) electrons. The molecule has 1 fully saturated rings. The van der Waals surface area contributed by atoms with Crippen LogP contribution < -0.4 is 5.73 Å². The number of hydrogen-bond donors (Lipinski definition) is 1. The fourth-order valence-corrected chi connectivity index (χ4v) is 3.08. The van der Waals surface area contributed by atoms with Gasteiger partial charge in [-0.2, -0.15) is 5.10 Å². The average molecular weight is 280 g/mol. The fraction of sp³-hybridized carbons (Fsp3) is 0.800. The minimum absolute atomic E-state index is 0.231. The van der Waals surface area contributed by atoms with E-state index in [2.05, 4.69) is 30.0 Å². The van der Waals surface area contributed by atoms with Crippen LogP contribution in [-0.2, 0) is 11.8 Å². The molecule has 0 saturated heterocycles. The molecule has 2 rings (SSSR count). The van der Waals surface area contributed by atoms with Crippen LogP contribution in [0.2, 0.25) is 0 Å². The second kappa shape index (κ2) is 6.70. The Kier molecular flexibility index (Phi) is 5.18. The van der Waals surface area contributed by atoms with Gasteiger partial charge in [-0.25, -0.2) is 0 Å². The normalized spacial score (nSPS) is 18.5. The first kappa shape index (κ1) is 15.5. The van der Waals surface area contributed by atoms with Gasteiger partial charge in [0.25, 0.3) is 0 Å². The zero-order valence-corrected chi connectivity index (χ0v) is 13.2. The van der Waals surface area contributed by atoms with E-state index in [0.29, 0.717) is 12.6 Å². The summed E-state index contributed by atoms with van der Waals surface area (Å²) in [5.41, 5.74) is 8.42. The highest BCUT2D eigenvalue weighted by Gasteiger charge is 2.35. The molecule has 2 N–H and O–H groups in total. The molecule has 2 atom stereocenters. The summed E-state index contributed by atoms with van der Waals surface area (Å²) >= 11 is 0. The zero-order chi connectivity index (χ0) is 14.7. The summed E-state index contributed by atoms with van der Waals surface area (Å²) in [6, 6.07) is 0.785. The molecule has 1 saturated carbocycles. The van der Waals surface area contributed by atoms with Crippen LogP contribution in [0, 0.1) is 12.8 Å². The molecule has 0 aromatic carbocycles. The van der Waals surface area contributed by atoms with Crippen molar-refractivity contribution in [2.75, 3.05) is 26.8 Å². The minimum Gasteiger partial charge on any atom is -0.383 e. The number of rotatable bonds is 8. The maximum absolute atomic E-state index is 6.09. The van der Waals surface area contributed by atoms with E-state index in [1.165, 1.54) is 18.4 Å². The van der Waals surface area contributed by atoms with E-state index in [1.54, 1.807) is 7.11 Å². The Bertz CT molecular complexity index is 428. The smallest absolute Gasteiger partial charge is 0.0641 e. The maximum Gasteiger partial charge on any atom is 0.0641 e. The van der Waals surface area contributed by atoms with Crippen LogP contribution in [0.1, 0.15) is 37.1 Å². The topological polar surface area (TPSA) is 56.3 Å². The number of aromatic nitrogens is 2. The molecule has 1 aromatic rings. The average Bonchev–Trinajstić information content (AvgIpc) is 3.20. The number of aryl methyl sites for hydroxylation is 2. The predicted octanol–water partition coefficient (Wildman–Crippen LogP) is 1.48. The van der Waals surface area contributed by atoms with Gasteiger partial charge in [0, 0.05) is 45.0 Å². The first-order chi connectivity index (χ1) is 9.58. The van der Waals surface area contributed by atoms with Gasteiger partial charge in [-0.05, 0) is 32.6 Å². The Hall–Kier alpha value is -0.910. The van der Waals surface area contributed by atoms with Gasteiger partial charge in [0.05, 0.1) is 18.3 Å². The van der Waals surface area contributed by atoms with E-state index >= 15 is 0 Å². The third-order valence-corrected chi connectivity index (χ3v) is 4.41. The van der Waals surface area contributed by atoms with Crippen molar-refractivity contribution in [3.8, 4) is 0 Å². The summed E-state index contributed by atoms with van der Waals surface area (Å²) in [7, 11) is 3.72. The lowest BCUT2D eigenvalue weighted by atomic mass is 10.0. The van der Waals surface area contributed by atoms with E-state index in [1.807, 2.05) is 11.7 Å². The van der Waals surface area contributed by atoms with E-state index in [-0.39, 0.29) is 6.04 Å². The van der Waals surface area contributed by atoms with Gasteiger partial charge in [-0.15, -0.1) is 0 Å². The van der Waals surface area contributed by atoms with E-state index in [9.17, 15) is 0 Å². The van der Waals surface area contributed by atoms with Crippen molar-refractivity contribution in [1.29, 1.82) is 0 Å². The lowest BCUT2D eigenvalue weighted by molar-refractivity contribution is 0.0832. The zero-order valence-electron chi connectivity index (χ0n) is 13.2. The maximum atomic E-state index is 6.09. The van der Waals surface area contributed by atoms with Gasteiger partial charge in [-0.3, -0.25) is 9.58 Å². The summed E-state index contributed by atoms with van der Waals surface area (Å²) in [6.45, 7) is 6.67. The highest BCUT2D eigenvalue weighted by molar-refractivity contribution is 5.21. The molecule has 5 nitrogen and oxygen atoms in total. The molecule has 5 heteroatoms. The van der Waals surface area contributed by atoms with Crippen molar-refractivity contribution in [1.82, 2.24) is 14.7 Å². The van der Waals surface area contributed by atoms with Gasteiger partial charge in [0.2, 0.25) is 0 Å². The Morgan fingerprint density at radius 3 is 2.70 bits per heavy atom. The third-order valence-electron chi connectivity index (χ3n) is 4.41. The second-order valence-electron chi connectivity index (χ2n) is 5.90. The fourth-order valence-electron chi connectivity index (χ4n) is 3.08. The van der Waals surface area contributed by atoms with Crippen LogP contribution in [0.4, 0.5) is 0 Å². The van der Waals surface area contributed by atoms with Crippen molar-refractivity contribution >= 4 is 0 Å².